The lowest BCUT2D eigenvalue weighted by atomic mass is 10.2. The van der Waals surface area contributed by atoms with Gasteiger partial charge in [-0.1, -0.05) is 0 Å². The first kappa shape index (κ1) is 12.3. The number of hydrogen-bond acceptors (Lipinski definition) is 5. The third kappa shape index (κ3) is 2.13. The molecule has 1 saturated heterocycles. The largest absolute Gasteiger partial charge is 0.378 e. The molecule has 1 fully saturated rings. The second-order valence-electron chi connectivity index (χ2n) is 4.92. The van der Waals surface area contributed by atoms with E-state index >= 15 is 0 Å². The molecule has 0 spiro atoms. The van der Waals surface area contributed by atoms with Crippen LogP contribution >= 0.6 is 0 Å². The van der Waals surface area contributed by atoms with Crippen molar-refractivity contribution in [2.45, 2.75) is 0 Å². The van der Waals surface area contributed by atoms with E-state index in [1.165, 1.54) is 0 Å². The van der Waals surface area contributed by atoms with Crippen LogP contribution in [0.5, 0.6) is 0 Å². The highest BCUT2D eigenvalue weighted by molar-refractivity contribution is 5.71. The first-order valence-corrected chi connectivity index (χ1v) is 6.98. The molecule has 4 heterocycles. The Morgan fingerprint density at radius 2 is 1.81 bits per heavy atom. The summed E-state index contributed by atoms with van der Waals surface area (Å²) in [6, 6.07) is 3.97. The summed E-state index contributed by atoms with van der Waals surface area (Å²) in [5.74, 6) is 0.918. The highest BCUT2D eigenvalue weighted by Crippen LogP contribution is 2.25. The molecule has 0 bridgehead atoms. The van der Waals surface area contributed by atoms with Gasteiger partial charge >= 0.3 is 0 Å². The lowest BCUT2D eigenvalue weighted by Gasteiger charge is -2.27. The number of aromatic nitrogens is 4. The summed E-state index contributed by atoms with van der Waals surface area (Å²) in [7, 11) is 0. The van der Waals surface area contributed by atoms with Crippen LogP contribution in [0.3, 0.4) is 0 Å². The lowest BCUT2D eigenvalue weighted by molar-refractivity contribution is 0.122. The normalized spacial score (nSPS) is 15.5. The van der Waals surface area contributed by atoms with Gasteiger partial charge in [-0.15, -0.1) is 0 Å². The van der Waals surface area contributed by atoms with Crippen LogP contribution in [0.25, 0.3) is 16.9 Å². The van der Waals surface area contributed by atoms with Gasteiger partial charge in [0, 0.05) is 43.4 Å². The van der Waals surface area contributed by atoms with Crippen LogP contribution < -0.4 is 4.90 Å². The van der Waals surface area contributed by atoms with Crippen molar-refractivity contribution in [1.82, 2.24) is 19.4 Å². The van der Waals surface area contributed by atoms with E-state index in [1.54, 1.807) is 12.4 Å². The number of fused-ring (bicyclic) bond motifs is 1. The van der Waals surface area contributed by atoms with Gasteiger partial charge in [0.1, 0.15) is 0 Å². The molecule has 4 rings (SSSR count). The number of nitrogens with zero attached hydrogens (tertiary/aromatic N) is 5. The van der Waals surface area contributed by atoms with Gasteiger partial charge in [-0.2, -0.15) is 0 Å². The minimum absolute atomic E-state index is 0.737. The second kappa shape index (κ2) is 5.14. The summed E-state index contributed by atoms with van der Waals surface area (Å²) in [6.07, 6.45) is 9.24. The van der Waals surface area contributed by atoms with Crippen LogP contribution in [-0.4, -0.2) is 45.7 Å². The van der Waals surface area contributed by atoms with Gasteiger partial charge in [-0.3, -0.25) is 9.38 Å². The van der Waals surface area contributed by atoms with Crippen LogP contribution in [0.15, 0.2) is 43.1 Å². The van der Waals surface area contributed by atoms with E-state index in [4.69, 9.17) is 4.74 Å². The highest BCUT2D eigenvalue weighted by atomic mass is 16.5. The predicted octanol–water partition coefficient (Wildman–Crippen LogP) is 1.63. The number of imidazole rings is 1. The zero-order chi connectivity index (χ0) is 14.1. The van der Waals surface area contributed by atoms with Crippen molar-refractivity contribution in [3.8, 4) is 11.3 Å². The molecule has 1 aliphatic heterocycles. The van der Waals surface area contributed by atoms with Crippen molar-refractivity contribution in [3.05, 3.63) is 43.1 Å². The topological polar surface area (TPSA) is 55.5 Å². The van der Waals surface area contributed by atoms with E-state index in [0.717, 1.165) is 49.0 Å². The van der Waals surface area contributed by atoms with Crippen LogP contribution in [-0.2, 0) is 4.74 Å². The molecule has 3 aromatic heterocycles. The fraction of sp³-hybridized carbons (Fsp3) is 0.267. The Morgan fingerprint density at radius 3 is 2.62 bits per heavy atom. The quantitative estimate of drug-likeness (QED) is 0.714. The molecule has 1 aliphatic rings. The summed E-state index contributed by atoms with van der Waals surface area (Å²) in [5, 5.41) is 0. The molecule has 0 aromatic carbocycles. The molecular weight excluding hydrogens is 266 g/mol. The van der Waals surface area contributed by atoms with Crippen LogP contribution in [0.2, 0.25) is 0 Å². The minimum atomic E-state index is 0.737. The van der Waals surface area contributed by atoms with E-state index in [0.29, 0.717) is 0 Å². The summed E-state index contributed by atoms with van der Waals surface area (Å²) < 4.78 is 7.48. The Bertz CT molecular complexity index is 749. The van der Waals surface area contributed by atoms with Gasteiger partial charge in [-0.25, -0.2) is 9.97 Å². The first-order valence-electron chi connectivity index (χ1n) is 6.98. The van der Waals surface area contributed by atoms with Gasteiger partial charge in [0.25, 0.3) is 0 Å². The summed E-state index contributed by atoms with van der Waals surface area (Å²) in [4.78, 5) is 15.4. The highest BCUT2D eigenvalue weighted by Gasteiger charge is 2.17. The van der Waals surface area contributed by atoms with Crippen molar-refractivity contribution in [2.24, 2.45) is 0 Å². The van der Waals surface area contributed by atoms with E-state index in [-0.39, 0.29) is 0 Å². The zero-order valence-electron chi connectivity index (χ0n) is 11.5. The SMILES string of the molecule is c1cc(-c2cnc3c(N4CCOCC4)nccn23)ccn1. The summed E-state index contributed by atoms with van der Waals surface area (Å²) >= 11 is 0. The maximum absolute atomic E-state index is 5.40. The number of anilines is 1. The third-order valence-corrected chi connectivity index (χ3v) is 3.70. The molecule has 0 radical (unpaired) electrons. The third-order valence-electron chi connectivity index (χ3n) is 3.70. The molecule has 6 nitrogen and oxygen atoms in total. The molecule has 0 saturated carbocycles. The smallest absolute Gasteiger partial charge is 0.180 e. The molecular formula is C15H15N5O. The standard InChI is InChI=1S/C15H15N5O/c1-3-16-4-2-12(1)13-11-18-15-14(17-5-6-20(13)15)19-7-9-21-10-8-19/h1-6,11H,7-10H2. The van der Waals surface area contributed by atoms with Gasteiger partial charge in [0.05, 0.1) is 25.1 Å². The first-order chi connectivity index (χ1) is 10.4. The summed E-state index contributed by atoms with van der Waals surface area (Å²) in [5.41, 5.74) is 3.02. The van der Waals surface area contributed by atoms with E-state index in [2.05, 4.69) is 24.3 Å². The average Bonchev–Trinajstić information content (AvgIpc) is 3.00. The van der Waals surface area contributed by atoms with Gasteiger partial charge in [-0.05, 0) is 12.1 Å². The van der Waals surface area contributed by atoms with Gasteiger partial charge in [0.2, 0.25) is 0 Å². The number of rotatable bonds is 2. The van der Waals surface area contributed by atoms with Crippen LogP contribution in [0, 0.1) is 0 Å². The molecule has 0 atom stereocenters. The number of hydrogen-bond donors (Lipinski definition) is 0. The molecule has 3 aromatic rings. The predicted molar refractivity (Wildman–Crippen MR) is 79.3 cm³/mol. The number of ether oxygens (including phenoxy) is 1. The zero-order valence-corrected chi connectivity index (χ0v) is 11.5. The van der Waals surface area contributed by atoms with Crippen molar-refractivity contribution >= 4 is 11.5 Å². The average molecular weight is 281 g/mol. The van der Waals surface area contributed by atoms with Crippen molar-refractivity contribution in [1.29, 1.82) is 0 Å². The number of pyridine rings is 1. The van der Waals surface area contributed by atoms with Crippen molar-refractivity contribution in [3.63, 3.8) is 0 Å². The molecule has 21 heavy (non-hydrogen) atoms. The van der Waals surface area contributed by atoms with Gasteiger partial charge in [0.15, 0.2) is 11.5 Å². The molecule has 0 aliphatic carbocycles. The Morgan fingerprint density at radius 1 is 1.00 bits per heavy atom. The maximum atomic E-state index is 5.40. The van der Waals surface area contributed by atoms with Crippen LogP contribution in [0.1, 0.15) is 0 Å². The monoisotopic (exact) mass is 281 g/mol. The van der Waals surface area contributed by atoms with E-state index < -0.39 is 0 Å². The molecule has 0 unspecified atom stereocenters. The van der Waals surface area contributed by atoms with Gasteiger partial charge < -0.3 is 9.64 Å². The maximum Gasteiger partial charge on any atom is 0.180 e. The Kier molecular flexibility index (Phi) is 3.01. The fourth-order valence-electron chi connectivity index (χ4n) is 2.64. The molecule has 0 amide bonds. The van der Waals surface area contributed by atoms with E-state index in [1.807, 2.05) is 30.7 Å². The Labute approximate surface area is 122 Å². The molecule has 0 N–H and O–H groups in total. The fourth-order valence-corrected chi connectivity index (χ4v) is 2.64. The Hall–Kier alpha value is -2.47. The Balaban J connectivity index is 1.83. The summed E-state index contributed by atoms with van der Waals surface area (Å²) in [6.45, 7) is 3.18. The molecule has 6 heteroatoms. The number of morpholine rings is 1. The van der Waals surface area contributed by atoms with E-state index in [9.17, 15) is 0 Å². The van der Waals surface area contributed by atoms with Crippen molar-refractivity contribution in [2.75, 3.05) is 31.2 Å². The minimum Gasteiger partial charge on any atom is -0.378 e. The molecule has 106 valence electrons. The van der Waals surface area contributed by atoms with Crippen molar-refractivity contribution < 1.29 is 4.74 Å². The lowest BCUT2D eigenvalue weighted by Crippen LogP contribution is -2.37. The van der Waals surface area contributed by atoms with Crippen LogP contribution in [0.4, 0.5) is 5.82 Å². The second-order valence-corrected chi connectivity index (χ2v) is 4.92.